The van der Waals surface area contributed by atoms with Crippen molar-refractivity contribution in [2.24, 2.45) is 0 Å². The van der Waals surface area contributed by atoms with E-state index < -0.39 is 0 Å². The highest BCUT2D eigenvalue weighted by Crippen LogP contribution is 2.39. The van der Waals surface area contributed by atoms with Gasteiger partial charge < -0.3 is 14.8 Å². The molecule has 0 saturated heterocycles. The molecule has 144 valence electrons. The fourth-order valence-corrected chi connectivity index (χ4v) is 4.35. The van der Waals surface area contributed by atoms with Gasteiger partial charge in [0.15, 0.2) is 0 Å². The molecule has 0 radical (unpaired) electrons. The standard InChI is InChI=1S/C21H25NO4S/c1-3-12-25-15-10-8-14(9-11-15)19(23)22-20-18(21(24)26-13-4-2)16-6-5-7-17(16)27-20/h8-11H,3-7,12-13H2,1-2H3,(H,22,23). The summed E-state index contributed by atoms with van der Waals surface area (Å²) in [6.45, 7) is 5.04. The van der Waals surface area contributed by atoms with Crippen LogP contribution in [-0.4, -0.2) is 25.1 Å². The number of nitrogens with one attached hydrogen (secondary N) is 1. The molecule has 0 fully saturated rings. The van der Waals surface area contributed by atoms with E-state index in [1.807, 2.05) is 13.8 Å². The Balaban J connectivity index is 1.76. The monoisotopic (exact) mass is 387 g/mol. The van der Waals surface area contributed by atoms with Crippen LogP contribution in [0.5, 0.6) is 5.75 Å². The molecule has 0 aliphatic heterocycles. The molecule has 1 N–H and O–H groups in total. The number of rotatable bonds is 8. The summed E-state index contributed by atoms with van der Waals surface area (Å²) in [6, 6.07) is 7.04. The second-order valence-corrected chi connectivity index (χ2v) is 7.63. The Kier molecular flexibility index (Phi) is 6.50. The van der Waals surface area contributed by atoms with Crippen molar-refractivity contribution in [1.82, 2.24) is 0 Å². The third kappa shape index (κ3) is 4.50. The third-order valence-electron chi connectivity index (χ3n) is 4.38. The van der Waals surface area contributed by atoms with Crippen molar-refractivity contribution < 1.29 is 19.1 Å². The van der Waals surface area contributed by atoms with Crippen LogP contribution in [0.4, 0.5) is 5.00 Å². The molecule has 0 unspecified atom stereocenters. The second-order valence-electron chi connectivity index (χ2n) is 6.52. The SMILES string of the molecule is CCCOC(=O)c1c(NC(=O)c2ccc(OCCC)cc2)sc2c1CCC2. The molecule has 0 spiro atoms. The maximum absolute atomic E-state index is 12.7. The first kappa shape index (κ1) is 19.4. The lowest BCUT2D eigenvalue weighted by molar-refractivity contribution is 0.0505. The highest BCUT2D eigenvalue weighted by Gasteiger charge is 2.28. The number of hydrogen-bond acceptors (Lipinski definition) is 5. The zero-order valence-corrected chi connectivity index (χ0v) is 16.6. The minimum absolute atomic E-state index is 0.235. The largest absolute Gasteiger partial charge is 0.494 e. The van der Waals surface area contributed by atoms with Crippen molar-refractivity contribution in [2.45, 2.75) is 46.0 Å². The van der Waals surface area contributed by atoms with E-state index in [0.29, 0.717) is 29.3 Å². The van der Waals surface area contributed by atoms with Gasteiger partial charge in [-0.05, 0) is 61.9 Å². The molecule has 1 aliphatic carbocycles. The van der Waals surface area contributed by atoms with E-state index >= 15 is 0 Å². The predicted octanol–water partition coefficient (Wildman–Crippen LogP) is 4.84. The quantitative estimate of drug-likeness (QED) is 0.658. The Bertz CT molecular complexity index is 810. The lowest BCUT2D eigenvalue weighted by Crippen LogP contribution is -2.15. The summed E-state index contributed by atoms with van der Waals surface area (Å²) < 4.78 is 10.9. The van der Waals surface area contributed by atoms with Gasteiger partial charge in [-0.1, -0.05) is 13.8 Å². The van der Waals surface area contributed by atoms with Gasteiger partial charge in [0.05, 0.1) is 18.8 Å². The molecule has 1 aromatic heterocycles. The van der Waals surface area contributed by atoms with Crippen LogP contribution < -0.4 is 10.1 Å². The zero-order valence-electron chi connectivity index (χ0n) is 15.8. The number of benzene rings is 1. The average Bonchev–Trinajstić information content (AvgIpc) is 3.25. The van der Waals surface area contributed by atoms with Gasteiger partial charge in [-0.25, -0.2) is 4.79 Å². The van der Waals surface area contributed by atoms with Gasteiger partial charge in [0.2, 0.25) is 0 Å². The molecule has 2 aromatic rings. The fraction of sp³-hybridized carbons (Fsp3) is 0.429. The molecular weight excluding hydrogens is 362 g/mol. The highest BCUT2D eigenvalue weighted by molar-refractivity contribution is 7.17. The van der Waals surface area contributed by atoms with Crippen LogP contribution in [0.25, 0.3) is 0 Å². The minimum Gasteiger partial charge on any atom is -0.494 e. The van der Waals surface area contributed by atoms with E-state index in [9.17, 15) is 9.59 Å². The number of carbonyl (C=O) groups is 2. The summed E-state index contributed by atoms with van der Waals surface area (Å²) in [5.74, 6) is 0.170. The first-order valence-corrected chi connectivity index (χ1v) is 10.3. The van der Waals surface area contributed by atoms with Crippen LogP contribution in [0.15, 0.2) is 24.3 Å². The molecule has 5 nitrogen and oxygen atoms in total. The van der Waals surface area contributed by atoms with Crippen molar-refractivity contribution >= 4 is 28.2 Å². The smallest absolute Gasteiger partial charge is 0.341 e. The normalized spacial score (nSPS) is 12.5. The molecule has 1 heterocycles. The maximum Gasteiger partial charge on any atom is 0.341 e. The number of fused-ring (bicyclic) bond motifs is 1. The number of anilines is 1. The summed E-state index contributed by atoms with van der Waals surface area (Å²) in [7, 11) is 0. The van der Waals surface area contributed by atoms with Crippen molar-refractivity contribution in [2.75, 3.05) is 18.5 Å². The van der Waals surface area contributed by atoms with E-state index in [-0.39, 0.29) is 11.9 Å². The molecule has 0 atom stereocenters. The van der Waals surface area contributed by atoms with Crippen LogP contribution >= 0.6 is 11.3 Å². The van der Waals surface area contributed by atoms with Crippen molar-refractivity contribution in [3.8, 4) is 5.75 Å². The molecule has 3 rings (SSSR count). The van der Waals surface area contributed by atoms with Crippen LogP contribution in [0.3, 0.4) is 0 Å². The number of carbonyl (C=O) groups excluding carboxylic acids is 2. The van der Waals surface area contributed by atoms with Crippen LogP contribution in [0, 0.1) is 0 Å². The average molecular weight is 388 g/mol. The van der Waals surface area contributed by atoms with Gasteiger partial charge in [-0.2, -0.15) is 0 Å². The molecular formula is C21H25NO4S. The van der Waals surface area contributed by atoms with Gasteiger partial charge >= 0.3 is 5.97 Å². The van der Waals surface area contributed by atoms with E-state index in [1.54, 1.807) is 24.3 Å². The van der Waals surface area contributed by atoms with Gasteiger partial charge in [0.25, 0.3) is 5.91 Å². The molecule has 1 aromatic carbocycles. The lowest BCUT2D eigenvalue weighted by Gasteiger charge is -2.09. The van der Waals surface area contributed by atoms with Crippen molar-refractivity contribution in [3.63, 3.8) is 0 Å². The van der Waals surface area contributed by atoms with Crippen LogP contribution in [0.2, 0.25) is 0 Å². The molecule has 1 amide bonds. The van der Waals surface area contributed by atoms with Gasteiger partial charge in [0.1, 0.15) is 10.8 Å². The molecule has 1 aliphatic rings. The summed E-state index contributed by atoms with van der Waals surface area (Å²) in [5, 5.41) is 3.51. The fourth-order valence-electron chi connectivity index (χ4n) is 3.07. The van der Waals surface area contributed by atoms with Crippen molar-refractivity contribution in [1.29, 1.82) is 0 Å². The number of amides is 1. The molecule has 0 saturated carbocycles. The van der Waals surface area contributed by atoms with E-state index in [2.05, 4.69) is 5.32 Å². The highest BCUT2D eigenvalue weighted by atomic mass is 32.1. The first-order chi connectivity index (χ1) is 13.1. The Morgan fingerprint density at radius 2 is 1.81 bits per heavy atom. The predicted molar refractivity (Wildman–Crippen MR) is 107 cm³/mol. The molecule has 27 heavy (non-hydrogen) atoms. The van der Waals surface area contributed by atoms with E-state index in [0.717, 1.165) is 43.4 Å². The second kappa shape index (κ2) is 9.04. The Morgan fingerprint density at radius 3 is 2.52 bits per heavy atom. The van der Waals surface area contributed by atoms with Gasteiger partial charge in [-0.15, -0.1) is 11.3 Å². The third-order valence-corrected chi connectivity index (χ3v) is 5.59. The Hall–Kier alpha value is -2.34. The number of hydrogen-bond donors (Lipinski definition) is 1. The van der Waals surface area contributed by atoms with Crippen molar-refractivity contribution in [3.05, 3.63) is 45.8 Å². The van der Waals surface area contributed by atoms with Crippen LogP contribution in [0.1, 0.15) is 64.3 Å². The first-order valence-electron chi connectivity index (χ1n) is 9.49. The van der Waals surface area contributed by atoms with Crippen LogP contribution in [-0.2, 0) is 17.6 Å². The topological polar surface area (TPSA) is 64.6 Å². The summed E-state index contributed by atoms with van der Waals surface area (Å²) in [5.41, 5.74) is 2.11. The Labute approximate surface area is 163 Å². The summed E-state index contributed by atoms with van der Waals surface area (Å²) in [6.07, 6.45) is 4.56. The summed E-state index contributed by atoms with van der Waals surface area (Å²) in [4.78, 5) is 26.4. The minimum atomic E-state index is -0.338. The summed E-state index contributed by atoms with van der Waals surface area (Å²) >= 11 is 1.49. The molecule has 0 bridgehead atoms. The molecule has 6 heteroatoms. The number of ether oxygens (including phenoxy) is 2. The van der Waals surface area contributed by atoms with Gasteiger partial charge in [-0.3, -0.25) is 4.79 Å². The lowest BCUT2D eigenvalue weighted by atomic mass is 10.1. The number of aryl methyl sites for hydroxylation is 1. The Morgan fingerprint density at radius 1 is 1.07 bits per heavy atom. The zero-order chi connectivity index (χ0) is 19.2. The van der Waals surface area contributed by atoms with E-state index in [4.69, 9.17) is 9.47 Å². The number of thiophene rings is 1. The maximum atomic E-state index is 12.7. The van der Waals surface area contributed by atoms with E-state index in [1.165, 1.54) is 16.2 Å². The van der Waals surface area contributed by atoms with Gasteiger partial charge in [0, 0.05) is 10.4 Å². The number of esters is 1.